The van der Waals surface area contributed by atoms with Crippen molar-refractivity contribution in [1.82, 2.24) is 9.78 Å². The second-order valence-electron chi connectivity index (χ2n) is 6.59. The van der Waals surface area contributed by atoms with Crippen molar-refractivity contribution in [2.75, 3.05) is 0 Å². The highest BCUT2D eigenvalue weighted by Crippen LogP contribution is 2.44. The number of aromatic carboxylic acids is 1. The van der Waals surface area contributed by atoms with E-state index in [2.05, 4.69) is 11.2 Å². The lowest BCUT2D eigenvalue weighted by atomic mass is 9.84. The maximum atomic E-state index is 11.3. The fourth-order valence-electron chi connectivity index (χ4n) is 3.46. The molecule has 0 aliphatic carbocycles. The zero-order valence-electron chi connectivity index (χ0n) is 15.3. The number of ether oxygens (including phenoxy) is 1. The molecule has 8 heteroatoms. The van der Waals surface area contributed by atoms with Gasteiger partial charge in [-0.25, -0.2) is 9.48 Å². The molecule has 0 saturated carbocycles. The summed E-state index contributed by atoms with van der Waals surface area (Å²) in [6.45, 7) is 1.78. The molecule has 0 fully saturated rings. The van der Waals surface area contributed by atoms with E-state index in [1.165, 1.54) is 28.9 Å². The molecule has 8 nitrogen and oxygen atoms in total. The lowest BCUT2D eigenvalue weighted by molar-refractivity contribution is 0.0697. The standard InChI is InChI=1S/C21H16N4O4/c1-11-17-18(12-5-7-15(26)8-6-12)16(10-22)19(23)29-20(17)25(24-11)14-4-2-3-13(9-14)21(27)28/h2-9,18,26H,23H2,1H3,(H,27,28). The summed E-state index contributed by atoms with van der Waals surface area (Å²) in [6, 6.07) is 14.9. The van der Waals surface area contributed by atoms with Gasteiger partial charge in [-0.15, -0.1) is 0 Å². The molecule has 0 saturated heterocycles. The van der Waals surface area contributed by atoms with Crippen molar-refractivity contribution in [2.45, 2.75) is 12.8 Å². The minimum Gasteiger partial charge on any atom is -0.508 e. The topological polar surface area (TPSA) is 134 Å². The van der Waals surface area contributed by atoms with E-state index in [1.54, 1.807) is 31.2 Å². The van der Waals surface area contributed by atoms with Crippen LogP contribution in [0, 0.1) is 18.3 Å². The van der Waals surface area contributed by atoms with E-state index in [0.29, 0.717) is 22.8 Å². The van der Waals surface area contributed by atoms with Crippen LogP contribution in [-0.2, 0) is 0 Å². The van der Waals surface area contributed by atoms with Gasteiger partial charge in [0.15, 0.2) is 0 Å². The van der Waals surface area contributed by atoms with Gasteiger partial charge in [0.25, 0.3) is 0 Å². The Morgan fingerprint density at radius 3 is 2.66 bits per heavy atom. The fraction of sp³-hybridized carbons (Fsp3) is 0.0952. The van der Waals surface area contributed by atoms with Crippen molar-refractivity contribution < 1.29 is 19.7 Å². The summed E-state index contributed by atoms with van der Waals surface area (Å²) in [5, 5.41) is 33.1. The molecular weight excluding hydrogens is 372 g/mol. The molecule has 1 unspecified atom stereocenters. The molecule has 0 radical (unpaired) electrons. The Morgan fingerprint density at radius 2 is 2.00 bits per heavy atom. The maximum absolute atomic E-state index is 11.3. The Balaban J connectivity index is 1.93. The molecular formula is C21H16N4O4. The van der Waals surface area contributed by atoms with Crippen molar-refractivity contribution in [2.24, 2.45) is 5.73 Å². The number of phenolic OH excluding ortho intramolecular Hbond substituents is 1. The van der Waals surface area contributed by atoms with Crippen LogP contribution in [0.4, 0.5) is 0 Å². The van der Waals surface area contributed by atoms with Gasteiger partial charge in [-0.3, -0.25) is 0 Å². The minimum absolute atomic E-state index is 0.0476. The number of rotatable bonds is 3. The van der Waals surface area contributed by atoms with Crippen molar-refractivity contribution >= 4 is 5.97 Å². The van der Waals surface area contributed by atoms with Gasteiger partial charge in [-0.05, 0) is 42.8 Å². The number of nitrogens with two attached hydrogens (primary N) is 1. The number of phenols is 1. The molecule has 1 aliphatic rings. The summed E-state index contributed by atoms with van der Waals surface area (Å²) >= 11 is 0. The van der Waals surface area contributed by atoms with Crippen LogP contribution >= 0.6 is 0 Å². The predicted octanol–water partition coefficient (Wildman–Crippen LogP) is 2.80. The number of aryl methyl sites for hydroxylation is 1. The molecule has 2 heterocycles. The summed E-state index contributed by atoms with van der Waals surface area (Å²) in [5.41, 5.74) is 8.90. The summed E-state index contributed by atoms with van der Waals surface area (Å²) in [4.78, 5) is 11.3. The van der Waals surface area contributed by atoms with E-state index in [9.17, 15) is 20.3 Å². The van der Waals surface area contributed by atoms with Crippen LogP contribution in [0.5, 0.6) is 11.6 Å². The number of allylic oxidation sites excluding steroid dienone is 1. The van der Waals surface area contributed by atoms with Crippen LogP contribution in [-0.4, -0.2) is 26.0 Å². The van der Waals surface area contributed by atoms with Crippen molar-refractivity contribution in [1.29, 1.82) is 5.26 Å². The smallest absolute Gasteiger partial charge is 0.335 e. The lowest BCUT2D eigenvalue weighted by Crippen LogP contribution is -2.22. The Morgan fingerprint density at radius 1 is 1.28 bits per heavy atom. The number of benzene rings is 2. The summed E-state index contributed by atoms with van der Waals surface area (Å²) < 4.78 is 7.23. The maximum Gasteiger partial charge on any atom is 0.335 e. The molecule has 3 aromatic rings. The first kappa shape index (κ1) is 18.1. The fourth-order valence-corrected chi connectivity index (χ4v) is 3.46. The number of hydrogen-bond acceptors (Lipinski definition) is 6. The van der Waals surface area contributed by atoms with E-state index >= 15 is 0 Å². The normalized spacial score (nSPS) is 15.4. The van der Waals surface area contributed by atoms with Crippen LogP contribution in [0.3, 0.4) is 0 Å². The average molecular weight is 388 g/mol. The highest BCUT2D eigenvalue weighted by molar-refractivity contribution is 5.88. The van der Waals surface area contributed by atoms with E-state index in [4.69, 9.17) is 10.5 Å². The van der Waals surface area contributed by atoms with E-state index in [1.807, 2.05) is 0 Å². The molecule has 1 aromatic heterocycles. The number of hydrogen-bond donors (Lipinski definition) is 3. The number of carbonyl (C=O) groups is 1. The average Bonchev–Trinajstić information content (AvgIpc) is 3.03. The largest absolute Gasteiger partial charge is 0.508 e. The molecule has 144 valence electrons. The third-order valence-electron chi connectivity index (χ3n) is 4.80. The first-order valence-corrected chi connectivity index (χ1v) is 8.70. The van der Waals surface area contributed by atoms with Gasteiger partial charge < -0.3 is 20.7 Å². The SMILES string of the molecule is Cc1nn(-c2cccc(C(=O)O)c2)c2c1C(c1ccc(O)cc1)C(C#N)=C(N)O2. The highest BCUT2D eigenvalue weighted by Gasteiger charge is 2.36. The van der Waals surface area contributed by atoms with Crippen LogP contribution < -0.4 is 10.5 Å². The molecule has 1 atom stereocenters. The molecule has 29 heavy (non-hydrogen) atoms. The van der Waals surface area contributed by atoms with Gasteiger partial charge >= 0.3 is 5.97 Å². The Labute approximate surface area is 165 Å². The van der Waals surface area contributed by atoms with Crippen LogP contribution in [0.25, 0.3) is 5.69 Å². The molecule has 4 N–H and O–H groups in total. The van der Waals surface area contributed by atoms with Gasteiger partial charge in [-0.2, -0.15) is 10.4 Å². The predicted molar refractivity (Wildman–Crippen MR) is 103 cm³/mol. The summed E-state index contributed by atoms with van der Waals surface area (Å²) in [5.74, 6) is -1.21. The molecule has 2 aromatic carbocycles. The number of fused-ring (bicyclic) bond motifs is 1. The third kappa shape index (κ3) is 2.95. The van der Waals surface area contributed by atoms with E-state index in [-0.39, 0.29) is 22.8 Å². The summed E-state index contributed by atoms with van der Waals surface area (Å²) in [6.07, 6.45) is 0. The molecule has 0 amide bonds. The van der Waals surface area contributed by atoms with Crippen molar-refractivity contribution in [3.63, 3.8) is 0 Å². The minimum atomic E-state index is -1.06. The Bertz CT molecular complexity index is 1200. The number of nitrogens with zero attached hydrogens (tertiary/aromatic N) is 3. The zero-order valence-corrected chi connectivity index (χ0v) is 15.3. The van der Waals surface area contributed by atoms with Gasteiger partial charge in [-0.1, -0.05) is 18.2 Å². The highest BCUT2D eigenvalue weighted by atomic mass is 16.5. The Kier molecular flexibility index (Phi) is 4.20. The number of aromatic nitrogens is 2. The molecule has 4 rings (SSSR count). The van der Waals surface area contributed by atoms with Crippen molar-refractivity contribution in [3.05, 3.63) is 82.4 Å². The van der Waals surface area contributed by atoms with E-state index in [0.717, 1.165) is 5.56 Å². The second-order valence-corrected chi connectivity index (χ2v) is 6.59. The zero-order chi connectivity index (χ0) is 20.7. The molecule has 1 aliphatic heterocycles. The first-order chi connectivity index (χ1) is 13.9. The van der Waals surface area contributed by atoms with Gasteiger partial charge in [0.05, 0.1) is 28.4 Å². The van der Waals surface area contributed by atoms with Gasteiger partial charge in [0.1, 0.15) is 17.4 Å². The van der Waals surface area contributed by atoms with Crippen LogP contribution in [0.1, 0.15) is 33.1 Å². The number of nitriles is 1. The number of carboxylic acid groups (broad SMARTS) is 1. The third-order valence-corrected chi connectivity index (χ3v) is 4.80. The monoisotopic (exact) mass is 388 g/mol. The molecule has 0 spiro atoms. The second kappa shape index (κ2) is 6.73. The van der Waals surface area contributed by atoms with Crippen LogP contribution in [0.15, 0.2) is 60.0 Å². The van der Waals surface area contributed by atoms with Gasteiger partial charge in [0, 0.05) is 0 Å². The number of aromatic hydroxyl groups is 1. The molecule has 0 bridgehead atoms. The van der Waals surface area contributed by atoms with Crippen LogP contribution in [0.2, 0.25) is 0 Å². The first-order valence-electron chi connectivity index (χ1n) is 8.70. The lowest BCUT2D eigenvalue weighted by Gasteiger charge is -2.25. The number of carboxylic acids is 1. The van der Waals surface area contributed by atoms with Crippen molar-refractivity contribution in [3.8, 4) is 23.4 Å². The van der Waals surface area contributed by atoms with Gasteiger partial charge in [0.2, 0.25) is 11.8 Å². The van der Waals surface area contributed by atoms with E-state index < -0.39 is 11.9 Å². The quantitative estimate of drug-likeness (QED) is 0.628. The Hall–Kier alpha value is -4.25. The summed E-state index contributed by atoms with van der Waals surface area (Å²) in [7, 11) is 0.